The first-order chi connectivity index (χ1) is 9.04. The first-order valence-corrected chi connectivity index (χ1v) is 5.13. The number of hydrogen-bond acceptors (Lipinski definition) is 4. The number of carboxylic acid groups (broad SMARTS) is 1. The van der Waals surface area contributed by atoms with Gasteiger partial charge in [0.1, 0.15) is 5.82 Å². The van der Waals surface area contributed by atoms with Gasteiger partial charge in [0.15, 0.2) is 23.1 Å². The molecule has 0 aliphatic rings. The third-order valence-corrected chi connectivity index (χ3v) is 2.36. The maximum Gasteiger partial charge on any atom is 0.354 e. The van der Waals surface area contributed by atoms with E-state index in [1.807, 2.05) is 0 Å². The quantitative estimate of drug-likeness (QED) is 0.921. The zero-order chi connectivity index (χ0) is 14.0. The van der Waals surface area contributed by atoms with Crippen molar-refractivity contribution in [3.63, 3.8) is 0 Å². The molecule has 0 amide bonds. The van der Waals surface area contributed by atoms with Crippen molar-refractivity contribution in [2.45, 2.75) is 0 Å². The van der Waals surface area contributed by atoms with Crippen LogP contribution in [0.2, 0.25) is 0 Å². The standard InChI is InChI=1S/C12H8F2N2O3/c1-19-10-7(14)3-2-6(13)9(10)11-15-5-4-8(16-11)12(17)18/h2-5H,1H3,(H,17,18). The summed E-state index contributed by atoms with van der Waals surface area (Å²) in [6.07, 6.45) is 1.15. The molecular formula is C12H8F2N2O3. The highest BCUT2D eigenvalue weighted by Gasteiger charge is 2.19. The summed E-state index contributed by atoms with van der Waals surface area (Å²) in [5.41, 5.74) is -0.638. The van der Waals surface area contributed by atoms with Gasteiger partial charge in [0.05, 0.1) is 12.7 Å². The third kappa shape index (κ3) is 2.35. The summed E-state index contributed by atoms with van der Waals surface area (Å²) in [6.45, 7) is 0. The van der Waals surface area contributed by atoms with Crippen molar-refractivity contribution in [1.29, 1.82) is 0 Å². The number of aromatic carboxylic acids is 1. The van der Waals surface area contributed by atoms with Gasteiger partial charge < -0.3 is 9.84 Å². The highest BCUT2D eigenvalue weighted by atomic mass is 19.1. The molecule has 0 saturated heterocycles. The molecule has 0 radical (unpaired) electrons. The highest BCUT2D eigenvalue weighted by molar-refractivity contribution is 5.85. The lowest BCUT2D eigenvalue weighted by Gasteiger charge is -2.09. The molecule has 1 aromatic heterocycles. The molecule has 1 aromatic carbocycles. The summed E-state index contributed by atoms with van der Waals surface area (Å²) >= 11 is 0. The number of carboxylic acids is 1. The Balaban J connectivity index is 2.68. The minimum atomic E-state index is -1.29. The van der Waals surface area contributed by atoms with Crippen molar-refractivity contribution >= 4 is 5.97 Å². The molecular weight excluding hydrogens is 258 g/mol. The van der Waals surface area contributed by atoms with E-state index in [1.54, 1.807) is 0 Å². The summed E-state index contributed by atoms with van der Waals surface area (Å²) in [4.78, 5) is 18.2. The molecule has 5 nitrogen and oxygen atoms in total. The molecule has 2 aromatic rings. The molecule has 0 aliphatic heterocycles. The van der Waals surface area contributed by atoms with Gasteiger partial charge in [0.25, 0.3) is 0 Å². The lowest BCUT2D eigenvalue weighted by atomic mass is 10.1. The van der Waals surface area contributed by atoms with Crippen LogP contribution in [0.25, 0.3) is 11.4 Å². The largest absolute Gasteiger partial charge is 0.493 e. The Labute approximate surface area is 106 Å². The molecule has 2 rings (SSSR count). The van der Waals surface area contributed by atoms with Crippen LogP contribution in [0, 0.1) is 11.6 Å². The molecule has 0 aliphatic carbocycles. The first-order valence-electron chi connectivity index (χ1n) is 5.13. The molecule has 1 heterocycles. The van der Waals surface area contributed by atoms with E-state index in [-0.39, 0.29) is 22.8 Å². The Hall–Kier alpha value is -2.57. The second-order valence-corrected chi connectivity index (χ2v) is 3.51. The fourth-order valence-electron chi connectivity index (χ4n) is 1.54. The van der Waals surface area contributed by atoms with Gasteiger partial charge in [0.2, 0.25) is 0 Å². The number of aromatic nitrogens is 2. The van der Waals surface area contributed by atoms with E-state index in [9.17, 15) is 13.6 Å². The fourth-order valence-corrected chi connectivity index (χ4v) is 1.54. The van der Waals surface area contributed by atoms with Gasteiger partial charge in [0, 0.05) is 6.20 Å². The summed E-state index contributed by atoms with van der Waals surface area (Å²) in [5, 5.41) is 8.82. The van der Waals surface area contributed by atoms with E-state index < -0.39 is 17.6 Å². The Kier molecular flexibility index (Phi) is 3.37. The van der Waals surface area contributed by atoms with Crippen LogP contribution in [0.5, 0.6) is 5.75 Å². The summed E-state index contributed by atoms with van der Waals surface area (Å²) < 4.78 is 32.0. The highest BCUT2D eigenvalue weighted by Crippen LogP contribution is 2.32. The van der Waals surface area contributed by atoms with Gasteiger partial charge in [-0.25, -0.2) is 23.5 Å². The molecule has 19 heavy (non-hydrogen) atoms. The van der Waals surface area contributed by atoms with Crippen molar-refractivity contribution in [3.05, 3.63) is 41.7 Å². The second-order valence-electron chi connectivity index (χ2n) is 3.51. The van der Waals surface area contributed by atoms with Crippen molar-refractivity contribution in [2.24, 2.45) is 0 Å². The first kappa shape index (κ1) is 12.9. The van der Waals surface area contributed by atoms with Crippen LogP contribution in [-0.4, -0.2) is 28.2 Å². The van der Waals surface area contributed by atoms with Gasteiger partial charge in [-0.15, -0.1) is 0 Å². The minimum Gasteiger partial charge on any atom is -0.493 e. The van der Waals surface area contributed by atoms with Crippen molar-refractivity contribution in [1.82, 2.24) is 9.97 Å². The average Bonchev–Trinajstić information content (AvgIpc) is 2.41. The number of ether oxygens (including phenoxy) is 1. The SMILES string of the molecule is COc1c(F)ccc(F)c1-c1nccc(C(=O)O)n1. The van der Waals surface area contributed by atoms with Crippen molar-refractivity contribution < 1.29 is 23.4 Å². The van der Waals surface area contributed by atoms with Crippen LogP contribution < -0.4 is 4.74 Å². The van der Waals surface area contributed by atoms with Crippen LogP contribution in [0.3, 0.4) is 0 Å². The molecule has 0 bridgehead atoms. The molecule has 0 saturated carbocycles. The normalized spacial score (nSPS) is 10.3. The zero-order valence-corrected chi connectivity index (χ0v) is 9.72. The minimum absolute atomic E-state index is 0.256. The molecule has 1 N–H and O–H groups in total. The van der Waals surface area contributed by atoms with E-state index in [0.29, 0.717) is 0 Å². The molecule has 0 spiro atoms. The van der Waals surface area contributed by atoms with E-state index in [1.165, 1.54) is 7.11 Å². The molecule has 0 atom stereocenters. The number of rotatable bonds is 3. The van der Waals surface area contributed by atoms with E-state index in [0.717, 1.165) is 24.4 Å². The fraction of sp³-hybridized carbons (Fsp3) is 0.0833. The molecule has 98 valence electrons. The van der Waals surface area contributed by atoms with Crippen LogP contribution in [0.15, 0.2) is 24.4 Å². The Bertz CT molecular complexity index is 647. The number of halogens is 2. The summed E-state index contributed by atoms with van der Waals surface area (Å²) in [6, 6.07) is 2.94. The van der Waals surface area contributed by atoms with Gasteiger partial charge in [-0.05, 0) is 18.2 Å². The maximum absolute atomic E-state index is 13.8. The number of nitrogens with zero attached hydrogens (tertiary/aromatic N) is 2. The number of hydrogen-bond donors (Lipinski definition) is 1. The van der Waals surface area contributed by atoms with Crippen LogP contribution in [-0.2, 0) is 0 Å². The average molecular weight is 266 g/mol. The number of carbonyl (C=O) groups is 1. The monoisotopic (exact) mass is 266 g/mol. The van der Waals surface area contributed by atoms with E-state index in [4.69, 9.17) is 9.84 Å². The Morgan fingerprint density at radius 3 is 2.58 bits per heavy atom. The predicted molar refractivity (Wildman–Crippen MR) is 60.9 cm³/mol. The van der Waals surface area contributed by atoms with Gasteiger partial charge >= 0.3 is 5.97 Å². The summed E-state index contributed by atoms with van der Waals surface area (Å²) in [5.74, 6) is -3.51. The van der Waals surface area contributed by atoms with Gasteiger partial charge in [-0.2, -0.15) is 0 Å². The Morgan fingerprint density at radius 2 is 1.95 bits per heavy atom. The van der Waals surface area contributed by atoms with Crippen LogP contribution in [0.1, 0.15) is 10.5 Å². The smallest absolute Gasteiger partial charge is 0.354 e. The topological polar surface area (TPSA) is 72.3 Å². The van der Waals surface area contributed by atoms with Gasteiger partial charge in [-0.3, -0.25) is 0 Å². The van der Waals surface area contributed by atoms with Crippen LogP contribution >= 0.6 is 0 Å². The third-order valence-electron chi connectivity index (χ3n) is 2.36. The van der Waals surface area contributed by atoms with Crippen LogP contribution in [0.4, 0.5) is 8.78 Å². The van der Waals surface area contributed by atoms with Gasteiger partial charge in [-0.1, -0.05) is 0 Å². The second kappa shape index (κ2) is 4.97. The summed E-state index contributed by atoms with van der Waals surface area (Å²) in [7, 11) is 1.17. The molecule has 7 heteroatoms. The molecule has 0 fully saturated rings. The lowest BCUT2D eigenvalue weighted by Crippen LogP contribution is -2.04. The number of methoxy groups -OCH3 is 1. The zero-order valence-electron chi connectivity index (χ0n) is 9.72. The van der Waals surface area contributed by atoms with Crippen molar-refractivity contribution in [3.8, 4) is 17.1 Å². The Morgan fingerprint density at radius 1 is 1.26 bits per heavy atom. The predicted octanol–water partition coefficient (Wildman–Crippen LogP) is 2.13. The lowest BCUT2D eigenvalue weighted by molar-refractivity contribution is 0.0690. The van der Waals surface area contributed by atoms with E-state index >= 15 is 0 Å². The van der Waals surface area contributed by atoms with Crippen molar-refractivity contribution in [2.75, 3.05) is 7.11 Å². The number of benzene rings is 1. The maximum atomic E-state index is 13.8. The van der Waals surface area contributed by atoms with E-state index in [2.05, 4.69) is 9.97 Å². The molecule has 0 unspecified atom stereocenters.